The summed E-state index contributed by atoms with van der Waals surface area (Å²) < 4.78 is 0. The molecular formula is C15H17N3O2S. The fraction of sp³-hybridized carbons (Fsp3) is 0.267. The Labute approximate surface area is 128 Å². The molecule has 1 aliphatic rings. The normalized spacial score (nSPS) is 18.2. The van der Waals surface area contributed by atoms with Crippen molar-refractivity contribution >= 4 is 40.4 Å². The number of ketones is 1. The predicted molar refractivity (Wildman–Crippen MR) is 88.2 cm³/mol. The average molecular weight is 303 g/mol. The Morgan fingerprint density at radius 3 is 2.67 bits per heavy atom. The maximum absolute atomic E-state index is 11.6. The van der Waals surface area contributed by atoms with Gasteiger partial charge in [-0.15, -0.1) is 0 Å². The van der Waals surface area contributed by atoms with Gasteiger partial charge >= 0.3 is 0 Å². The third-order valence-electron chi connectivity index (χ3n) is 3.06. The molecule has 5 nitrogen and oxygen atoms in total. The SMILES string of the molecule is CN=C1NC(=O)S/C1=C\c1ccc(C(C)=O)c(N(C)C)c1. The van der Waals surface area contributed by atoms with E-state index in [0.29, 0.717) is 11.4 Å². The molecule has 1 fully saturated rings. The van der Waals surface area contributed by atoms with Crippen LogP contribution in [0.3, 0.4) is 0 Å². The first-order valence-corrected chi connectivity index (χ1v) is 7.24. The molecular weight excluding hydrogens is 286 g/mol. The summed E-state index contributed by atoms with van der Waals surface area (Å²) in [5, 5.41) is 2.55. The largest absolute Gasteiger partial charge is 0.377 e. The number of carbonyl (C=O) groups is 2. The van der Waals surface area contributed by atoms with Crippen molar-refractivity contribution in [1.82, 2.24) is 5.32 Å². The van der Waals surface area contributed by atoms with Gasteiger partial charge in [0.2, 0.25) is 0 Å². The van der Waals surface area contributed by atoms with E-state index in [4.69, 9.17) is 0 Å². The highest BCUT2D eigenvalue weighted by atomic mass is 32.2. The second-order valence-corrected chi connectivity index (χ2v) is 5.84. The molecule has 21 heavy (non-hydrogen) atoms. The molecule has 0 radical (unpaired) electrons. The summed E-state index contributed by atoms with van der Waals surface area (Å²) in [5.41, 5.74) is 2.46. The van der Waals surface area contributed by atoms with E-state index in [-0.39, 0.29) is 11.0 Å². The van der Waals surface area contributed by atoms with Crippen LogP contribution in [0.5, 0.6) is 0 Å². The Kier molecular flexibility index (Phi) is 4.47. The number of nitrogens with one attached hydrogen (secondary N) is 1. The quantitative estimate of drug-likeness (QED) is 0.872. The van der Waals surface area contributed by atoms with Crippen LogP contribution in [0.25, 0.3) is 6.08 Å². The van der Waals surface area contributed by atoms with Gasteiger partial charge in [0.25, 0.3) is 5.24 Å². The second-order valence-electron chi connectivity index (χ2n) is 4.82. The zero-order chi connectivity index (χ0) is 15.6. The molecule has 0 aromatic heterocycles. The fourth-order valence-corrected chi connectivity index (χ4v) is 2.83. The number of aliphatic imine (C=N–C) groups is 1. The molecule has 1 heterocycles. The van der Waals surface area contributed by atoms with Crippen molar-refractivity contribution in [2.45, 2.75) is 6.92 Å². The molecule has 0 aliphatic carbocycles. The smallest absolute Gasteiger partial charge is 0.289 e. The molecule has 0 spiro atoms. The van der Waals surface area contributed by atoms with E-state index in [1.54, 1.807) is 14.0 Å². The summed E-state index contributed by atoms with van der Waals surface area (Å²) >= 11 is 1.12. The first-order chi connectivity index (χ1) is 9.92. The highest BCUT2D eigenvalue weighted by Gasteiger charge is 2.22. The van der Waals surface area contributed by atoms with E-state index < -0.39 is 0 Å². The van der Waals surface area contributed by atoms with Crippen LogP contribution in [0.2, 0.25) is 0 Å². The zero-order valence-corrected chi connectivity index (χ0v) is 13.2. The number of Topliss-reactive ketones (excluding diaryl/α,β-unsaturated/α-hetero) is 1. The van der Waals surface area contributed by atoms with E-state index in [1.165, 1.54) is 0 Å². The van der Waals surface area contributed by atoms with Gasteiger partial charge in [-0.1, -0.05) is 6.07 Å². The van der Waals surface area contributed by atoms with Crippen LogP contribution >= 0.6 is 11.8 Å². The monoisotopic (exact) mass is 303 g/mol. The molecule has 1 saturated heterocycles. The molecule has 2 rings (SSSR count). The molecule has 0 atom stereocenters. The average Bonchev–Trinajstić information content (AvgIpc) is 2.78. The van der Waals surface area contributed by atoms with Crippen molar-refractivity contribution < 1.29 is 9.59 Å². The number of rotatable bonds is 3. The van der Waals surface area contributed by atoms with Crippen LogP contribution in [-0.2, 0) is 0 Å². The molecule has 0 saturated carbocycles. The van der Waals surface area contributed by atoms with Gasteiger partial charge in [0, 0.05) is 32.4 Å². The standard InChI is InChI=1S/C15H17N3O2S/c1-9(19)11-6-5-10(7-12(11)18(3)4)8-13-14(16-2)17-15(20)21-13/h5-8H,1-4H3,(H,16,17,20)/b13-8-. The van der Waals surface area contributed by atoms with Crippen LogP contribution in [0.1, 0.15) is 22.8 Å². The van der Waals surface area contributed by atoms with E-state index in [1.807, 2.05) is 43.3 Å². The van der Waals surface area contributed by atoms with Gasteiger partial charge in [-0.3, -0.25) is 14.6 Å². The van der Waals surface area contributed by atoms with E-state index >= 15 is 0 Å². The lowest BCUT2D eigenvalue weighted by Crippen LogP contribution is -2.18. The van der Waals surface area contributed by atoms with Gasteiger partial charge in [-0.2, -0.15) is 0 Å². The number of nitrogens with zero attached hydrogens (tertiary/aromatic N) is 2. The summed E-state index contributed by atoms with van der Waals surface area (Å²) in [7, 11) is 5.43. The molecule has 1 aliphatic heterocycles. The van der Waals surface area contributed by atoms with Crippen molar-refractivity contribution in [3.63, 3.8) is 0 Å². The number of carbonyl (C=O) groups excluding carboxylic acids is 2. The summed E-state index contributed by atoms with van der Waals surface area (Å²) in [6.07, 6.45) is 1.89. The van der Waals surface area contributed by atoms with Crippen LogP contribution in [0, 0.1) is 0 Å². The number of anilines is 1. The van der Waals surface area contributed by atoms with Crippen molar-refractivity contribution in [3.8, 4) is 0 Å². The maximum atomic E-state index is 11.6. The lowest BCUT2D eigenvalue weighted by atomic mass is 10.0. The summed E-state index contributed by atoms with van der Waals surface area (Å²) in [5.74, 6) is 0.604. The molecule has 0 unspecified atom stereocenters. The Morgan fingerprint density at radius 2 is 2.10 bits per heavy atom. The fourth-order valence-electron chi connectivity index (χ4n) is 2.05. The van der Waals surface area contributed by atoms with Gasteiger partial charge < -0.3 is 10.2 Å². The van der Waals surface area contributed by atoms with Crippen molar-refractivity contribution in [1.29, 1.82) is 0 Å². The minimum Gasteiger partial charge on any atom is -0.377 e. The van der Waals surface area contributed by atoms with Crippen LogP contribution in [0.15, 0.2) is 28.1 Å². The van der Waals surface area contributed by atoms with E-state index in [0.717, 1.165) is 27.9 Å². The molecule has 1 N–H and O–H groups in total. The van der Waals surface area contributed by atoms with Crippen LogP contribution in [-0.4, -0.2) is 38.0 Å². The maximum Gasteiger partial charge on any atom is 0.289 e. The Morgan fingerprint density at radius 1 is 1.38 bits per heavy atom. The van der Waals surface area contributed by atoms with Crippen molar-refractivity contribution in [2.75, 3.05) is 26.0 Å². The van der Waals surface area contributed by atoms with Crippen molar-refractivity contribution in [2.24, 2.45) is 4.99 Å². The van der Waals surface area contributed by atoms with Crippen LogP contribution < -0.4 is 10.2 Å². The summed E-state index contributed by atoms with van der Waals surface area (Å²) in [6, 6.07) is 5.61. The van der Waals surface area contributed by atoms with E-state index in [9.17, 15) is 9.59 Å². The highest BCUT2D eigenvalue weighted by Crippen LogP contribution is 2.28. The molecule has 110 valence electrons. The summed E-state index contributed by atoms with van der Waals surface area (Å²) in [4.78, 5) is 29.8. The number of amidine groups is 1. The van der Waals surface area contributed by atoms with Gasteiger partial charge in [0.05, 0.1) is 4.91 Å². The molecule has 0 bridgehead atoms. The Hall–Kier alpha value is -2.08. The van der Waals surface area contributed by atoms with Gasteiger partial charge in [0.1, 0.15) is 5.84 Å². The van der Waals surface area contributed by atoms with E-state index in [2.05, 4.69) is 10.3 Å². The molecule has 1 aromatic rings. The zero-order valence-electron chi connectivity index (χ0n) is 12.4. The lowest BCUT2D eigenvalue weighted by molar-refractivity contribution is 0.101. The second kappa shape index (κ2) is 6.13. The Bertz CT molecular complexity index is 663. The number of hydrogen-bond acceptors (Lipinski definition) is 5. The third kappa shape index (κ3) is 3.33. The summed E-state index contributed by atoms with van der Waals surface area (Å²) in [6.45, 7) is 1.55. The van der Waals surface area contributed by atoms with Crippen molar-refractivity contribution in [3.05, 3.63) is 34.2 Å². The molecule has 6 heteroatoms. The first kappa shape index (κ1) is 15.3. The predicted octanol–water partition coefficient (Wildman–Crippen LogP) is 2.78. The van der Waals surface area contributed by atoms with Gasteiger partial charge in [0.15, 0.2) is 5.78 Å². The first-order valence-electron chi connectivity index (χ1n) is 6.42. The molecule has 1 aromatic carbocycles. The number of amides is 1. The lowest BCUT2D eigenvalue weighted by Gasteiger charge is -2.16. The molecule has 1 amide bonds. The topological polar surface area (TPSA) is 61.8 Å². The van der Waals surface area contributed by atoms with Gasteiger partial charge in [-0.05, 0) is 42.5 Å². The highest BCUT2D eigenvalue weighted by molar-refractivity contribution is 8.18. The Balaban J connectivity index is 2.44. The van der Waals surface area contributed by atoms with Gasteiger partial charge in [-0.25, -0.2) is 0 Å². The number of hydrogen-bond donors (Lipinski definition) is 1. The number of thioether (sulfide) groups is 1. The third-order valence-corrected chi connectivity index (χ3v) is 3.88. The minimum atomic E-state index is -0.130. The number of benzene rings is 1. The van der Waals surface area contributed by atoms with Crippen LogP contribution in [0.4, 0.5) is 10.5 Å². The minimum absolute atomic E-state index is 0.0285.